The molecule has 2 aliphatic rings. The van der Waals surface area contributed by atoms with Gasteiger partial charge in [0.15, 0.2) is 0 Å². The molecular formula is C33H41NO4. The zero-order chi connectivity index (χ0) is 27.2. The first-order valence-corrected chi connectivity index (χ1v) is 14.0. The Balaban J connectivity index is 1.74. The zero-order valence-corrected chi connectivity index (χ0v) is 23.5. The van der Waals surface area contributed by atoms with E-state index in [1.165, 1.54) is 47.5 Å². The molecule has 1 aromatic carbocycles. The minimum absolute atomic E-state index is 0.225. The normalized spacial score (nSPS) is 19.8. The van der Waals surface area contributed by atoms with E-state index in [0.717, 1.165) is 43.2 Å². The molecule has 0 aliphatic heterocycles. The van der Waals surface area contributed by atoms with Gasteiger partial charge in [-0.3, -0.25) is 14.6 Å². The second-order valence-corrected chi connectivity index (χ2v) is 10.7. The Labute approximate surface area is 227 Å². The lowest BCUT2D eigenvalue weighted by Gasteiger charge is -2.36. The molecule has 0 N–H and O–H groups in total. The van der Waals surface area contributed by atoms with Crippen LogP contribution in [0, 0.1) is 11.8 Å². The highest BCUT2D eigenvalue weighted by molar-refractivity contribution is 5.85. The molecule has 5 heteroatoms. The maximum Gasteiger partial charge on any atom is 0.302 e. The van der Waals surface area contributed by atoms with Crippen molar-refractivity contribution >= 4 is 23.2 Å². The zero-order valence-electron chi connectivity index (χ0n) is 23.5. The van der Waals surface area contributed by atoms with Gasteiger partial charge in [-0.1, -0.05) is 37.6 Å². The lowest BCUT2D eigenvalue weighted by molar-refractivity contribution is -0.140. The summed E-state index contributed by atoms with van der Waals surface area (Å²) < 4.78 is 10.6. The number of hydrogen-bond acceptors (Lipinski definition) is 5. The number of methoxy groups -OCH3 is 1. The van der Waals surface area contributed by atoms with Crippen molar-refractivity contribution in [2.24, 2.45) is 11.8 Å². The highest BCUT2D eigenvalue weighted by Crippen LogP contribution is 2.46. The van der Waals surface area contributed by atoms with Crippen LogP contribution in [0.15, 0.2) is 53.1 Å². The van der Waals surface area contributed by atoms with E-state index >= 15 is 0 Å². The van der Waals surface area contributed by atoms with Crippen LogP contribution < -0.4 is 4.74 Å². The molecule has 0 saturated heterocycles. The number of esters is 1. The molecular weight excluding hydrogens is 474 g/mol. The maximum absolute atomic E-state index is 11.8. The van der Waals surface area contributed by atoms with E-state index < -0.39 is 0 Å². The first-order valence-electron chi connectivity index (χ1n) is 14.0. The molecule has 3 atom stereocenters. The van der Waals surface area contributed by atoms with Gasteiger partial charge in [0.2, 0.25) is 0 Å². The van der Waals surface area contributed by atoms with E-state index in [4.69, 9.17) is 14.5 Å². The van der Waals surface area contributed by atoms with Gasteiger partial charge in [0.1, 0.15) is 12.0 Å². The molecule has 1 heterocycles. The van der Waals surface area contributed by atoms with Gasteiger partial charge < -0.3 is 9.47 Å². The standard InChI is InChI=1S/C33H41NO4/c1-6-8-29(24-11-12-24)21(3)26-17-25(10-9-23(20-35)15-16-38-22(4)36)33-31(18-26)28(7-2)30-19-27(37-5)13-14-32(30)34-33/h6,8-9,13-14,19-21,25-26H,7,10-12,15-18H2,1-5H3/b8-6+,23-9+/t21?,25?,26-/m0/s1. The Kier molecular flexibility index (Phi) is 9.19. The molecule has 4 rings (SSSR count). The van der Waals surface area contributed by atoms with Crippen LogP contribution in [-0.2, 0) is 27.2 Å². The number of carbonyl (C=O) groups excluding carboxylic acids is 2. The Morgan fingerprint density at radius 1 is 1.26 bits per heavy atom. The second kappa shape index (κ2) is 12.6. The van der Waals surface area contributed by atoms with Crippen molar-refractivity contribution in [1.82, 2.24) is 4.98 Å². The summed E-state index contributed by atoms with van der Waals surface area (Å²) in [5.74, 6) is 1.71. The fourth-order valence-electron chi connectivity index (χ4n) is 6.07. The van der Waals surface area contributed by atoms with Gasteiger partial charge in [0, 0.05) is 30.3 Å². The van der Waals surface area contributed by atoms with Crippen LogP contribution in [0.4, 0.5) is 0 Å². The molecule has 38 heavy (non-hydrogen) atoms. The SMILES string of the molecule is C/C=C/C(=C1CC1)C(C)[C@@H]1Cc2c(nc3ccc(OC)cc3c2CC)C(C/C=C(/C=O)CCOC(C)=O)C1. The summed E-state index contributed by atoms with van der Waals surface area (Å²) in [5, 5.41) is 1.18. The van der Waals surface area contributed by atoms with Gasteiger partial charge in [0.05, 0.1) is 19.2 Å². The number of pyridine rings is 1. The number of fused-ring (bicyclic) bond motifs is 2. The number of aromatic nitrogens is 1. The smallest absolute Gasteiger partial charge is 0.302 e. The van der Waals surface area contributed by atoms with Crippen molar-refractivity contribution in [3.63, 3.8) is 0 Å². The van der Waals surface area contributed by atoms with E-state index in [0.29, 0.717) is 23.8 Å². The highest BCUT2D eigenvalue weighted by atomic mass is 16.5. The third-order valence-electron chi connectivity index (χ3n) is 8.20. The molecule has 1 saturated carbocycles. The number of allylic oxidation sites excluding steroid dienone is 5. The van der Waals surface area contributed by atoms with E-state index in [1.54, 1.807) is 12.7 Å². The summed E-state index contributed by atoms with van der Waals surface area (Å²) in [6.45, 7) is 8.34. The lowest BCUT2D eigenvalue weighted by atomic mass is 9.69. The summed E-state index contributed by atoms with van der Waals surface area (Å²) in [6, 6.07) is 6.17. The van der Waals surface area contributed by atoms with Crippen molar-refractivity contribution in [3.8, 4) is 5.75 Å². The lowest BCUT2D eigenvalue weighted by Crippen LogP contribution is -2.27. The number of rotatable bonds is 11. The van der Waals surface area contributed by atoms with Crippen molar-refractivity contribution in [3.05, 3.63) is 70.0 Å². The molecule has 0 spiro atoms. The Bertz CT molecular complexity index is 1280. The minimum atomic E-state index is -0.324. The number of carbonyl (C=O) groups is 2. The number of benzene rings is 1. The van der Waals surface area contributed by atoms with Crippen LogP contribution in [-0.4, -0.2) is 31.0 Å². The predicted molar refractivity (Wildman–Crippen MR) is 152 cm³/mol. The summed E-state index contributed by atoms with van der Waals surface area (Å²) in [6.07, 6.45) is 14.0. The van der Waals surface area contributed by atoms with Crippen molar-refractivity contribution < 1.29 is 19.1 Å². The van der Waals surface area contributed by atoms with Crippen LogP contribution in [0.3, 0.4) is 0 Å². The third kappa shape index (κ3) is 6.25. The number of aryl methyl sites for hydroxylation is 1. The first kappa shape index (κ1) is 27.8. The van der Waals surface area contributed by atoms with Gasteiger partial charge in [0.25, 0.3) is 0 Å². The maximum atomic E-state index is 11.8. The molecule has 202 valence electrons. The molecule has 1 fully saturated rings. The van der Waals surface area contributed by atoms with Gasteiger partial charge in [-0.15, -0.1) is 0 Å². The van der Waals surface area contributed by atoms with E-state index in [-0.39, 0.29) is 18.5 Å². The van der Waals surface area contributed by atoms with Crippen LogP contribution in [0.25, 0.3) is 10.9 Å². The van der Waals surface area contributed by atoms with Crippen LogP contribution in [0.5, 0.6) is 5.75 Å². The molecule has 0 amide bonds. The molecule has 2 aromatic rings. The summed E-state index contributed by atoms with van der Waals surface area (Å²) in [7, 11) is 1.71. The average molecular weight is 516 g/mol. The highest BCUT2D eigenvalue weighted by Gasteiger charge is 2.35. The van der Waals surface area contributed by atoms with E-state index in [1.807, 2.05) is 12.1 Å². The van der Waals surface area contributed by atoms with Gasteiger partial charge >= 0.3 is 5.97 Å². The van der Waals surface area contributed by atoms with Crippen molar-refractivity contribution in [2.75, 3.05) is 13.7 Å². The average Bonchev–Trinajstić information content (AvgIpc) is 3.76. The third-order valence-corrected chi connectivity index (χ3v) is 8.20. The first-order chi connectivity index (χ1) is 18.4. The fraction of sp³-hybridized carbons (Fsp3) is 0.485. The number of nitrogens with zero attached hydrogens (tertiary/aromatic N) is 1. The Hall–Kier alpha value is -3.21. The predicted octanol–water partition coefficient (Wildman–Crippen LogP) is 7.22. The molecule has 5 nitrogen and oxygen atoms in total. The molecule has 1 aromatic heterocycles. The topological polar surface area (TPSA) is 65.5 Å². The molecule has 0 radical (unpaired) electrons. The van der Waals surface area contributed by atoms with Crippen LogP contribution in [0.2, 0.25) is 0 Å². The summed E-state index contributed by atoms with van der Waals surface area (Å²) in [4.78, 5) is 28.2. The molecule has 2 aliphatic carbocycles. The van der Waals surface area contributed by atoms with Gasteiger partial charge in [-0.05, 0) is 97.8 Å². The largest absolute Gasteiger partial charge is 0.497 e. The second-order valence-electron chi connectivity index (χ2n) is 10.7. The van der Waals surface area contributed by atoms with Crippen LogP contribution >= 0.6 is 0 Å². The number of hydrogen-bond donors (Lipinski definition) is 0. The minimum Gasteiger partial charge on any atom is -0.497 e. The van der Waals surface area contributed by atoms with E-state index in [2.05, 4.69) is 45.1 Å². The summed E-state index contributed by atoms with van der Waals surface area (Å²) >= 11 is 0. The number of aldehydes is 1. The summed E-state index contributed by atoms with van der Waals surface area (Å²) in [5.41, 5.74) is 8.72. The van der Waals surface area contributed by atoms with Crippen molar-refractivity contribution in [2.45, 2.75) is 78.6 Å². The van der Waals surface area contributed by atoms with E-state index in [9.17, 15) is 9.59 Å². The van der Waals surface area contributed by atoms with Gasteiger partial charge in [-0.2, -0.15) is 0 Å². The monoisotopic (exact) mass is 515 g/mol. The van der Waals surface area contributed by atoms with Gasteiger partial charge in [-0.25, -0.2) is 0 Å². The van der Waals surface area contributed by atoms with Crippen molar-refractivity contribution in [1.29, 1.82) is 0 Å². The Morgan fingerprint density at radius 2 is 2.05 bits per heavy atom. The quantitative estimate of drug-likeness (QED) is 0.180. The van der Waals surface area contributed by atoms with Crippen LogP contribution in [0.1, 0.15) is 82.5 Å². The number of ether oxygens (including phenoxy) is 2. The molecule has 0 bridgehead atoms. The Morgan fingerprint density at radius 3 is 2.68 bits per heavy atom. The fourth-order valence-corrected chi connectivity index (χ4v) is 6.07. The molecule has 2 unspecified atom stereocenters.